The summed E-state index contributed by atoms with van der Waals surface area (Å²) >= 11 is 5.85. The van der Waals surface area contributed by atoms with E-state index < -0.39 is 6.10 Å². The van der Waals surface area contributed by atoms with Crippen LogP contribution >= 0.6 is 11.6 Å². The van der Waals surface area contributed by atoms with Crippen molar-refractivity contribution >= 4 is 17.5 Å². The first-order valence-electron chi connectivity index (χ1n) is 5.04. The molecule has 0 aromatic heterocycles. The number of hydrogen-bond donors (Lipinski definition) is 2. The van der Waals surface area contributed by atoms with Gasteiger partial charge in [-0.2, -0.15) is 0 Å². The summed E-state index contributed by atoms with van der Waals surface area (Å²) in [6.07, 6.45) is 0.00711. The molecule has 2 N–H and O–H groups in total. The lowest BCUT2D eigenvalue weighted by Gasteiger charge is -2.09. The van der Waals surface area contributed by atoms with Crippen molar-refractivity contribution in [2.45, 2.75) is 12.5 Å². The molecule has 86 valence electrons. The van der Waals surface area contributed by atoms with Gasteiger partial charge in [-0.05, 0) is 23.8 Å². The number of nitrogens with one attached hydrogen (secondary N) is 1. The summed E-state index contributed by atoms with van der Waals surface area (Å²) in [6.45, 7) is 0.174. The van der Waals surface area contributed by atoms with Gasteiger partial charge >= 0.3 is 0 Å². The summed E-state index contributed by atoms with van der Waals surface area (Å²) in [6, 6.07) is 5.29. The molecule has 0 fully saturated rings. The fraction of sp³-hybridized carbons (Fsp3) is 0.364. The molecule has 1 amide bonds. The van der Waals surface area contributed by atoms with Crippen molar-refractivity contribution in [1.29, 1.82) is 0 Å². The van der Waals surface area contributed by atoms with Gasteiger partial charge in [-0.1, -0.05) is 11.6 Å². The van der Waals surface area contributed by atoms with Gasteiger partial charge in [-0.25, -0.2) is 0 Å². The molecule has 0 radical (unpaired) electrons. The monoisotopic (exact) mass is 241 g/mol. The minimum absolute atomic E-state index is 0.0722. The van der Waals surface area contributed by atoms with E-state index in [0.29, 0.717) is 17.2 Å². The highest BCUT2D eigenvalue weighted by Gasteiger charge is 2.28. The van der Waals surface area contributed by atoms with Crippen LogP contribution in [0.3, 0.4) is 0 Å². The second-order valence-electron chi connectivity index (χ2n) is 3.58. The van der Waals surface area contributed by atoms with Crippen molar-refractivity contribution in [3.8, 4) is 5.75 Å². The zero-order chi connectivity index (χ0) is 11.5. The Kier molecular flexibility index (Phi) is 3.31. The van der Waals surface area contributed by atoms with Crippen LogP contribution in [0.2, 0.25) is 5.02 Å². The van der Waals surface area contributed by atoms with Gasteiger partial charge in [0.05, 0.1) is 6.61 Å². The molecule has 2 rings (SSSR count). The van der Waals surface area contributed by atoms with Gasteiger partial charge in [0.15, 0.2) is 6.10 Å². The van der Waals surface area contributed by atoms with Crippen LogP contribution in [0.1, 0.15) is 5.56 Å². The summed E-state index contributed by atoms with van der Waals surface area (Å²) in [5.74, 6) is 0.495. The molecular weight excluding hydrogens is 230 g/mol. The van der Waals surface area contributed by atoms with Crippen LogP contribution in [-0.4, -0.2) is 30.3 Å². The topological polar surface area (TPSA) is 58.6 Å². The standard InChI is InChI=1S/C11H12ClNO3/c12-8-1-2-9-7(5-8)6-10(16-9)11(15)13-3-4-14/h1-2,5,10,14H,3-4,6H2,(H,13,15). The number of fused-ring (bicyclic) bond motifs is 1. The van der Waals surface area contributed by atoms with Gasteiger partial charge in [-0.3, -0.25) is 4.79 Å². The van der Waals surface area contributed by atoms with E-state index in [1.807, 2.05) is 0 Å². The molecule has 1 aliphatic rings. The number of carbonyl (C=O) groups excluding carboxylic acids is 1. The quantitative estimate of drug-likeness (QED) is 0.821. The Morgan fingerprint density at radius 2 is 2.44 bits per heavy atom. The maximum atomic E-state index is 11.6. The van der Waals surface area contributed by atoms with Crippen LogP contribution < -0.4 is 10.1 Å². The maximum Gasteiger partial charge on any atom is 0.261 e. The van der Waals surface area contributed by atoms with Crippen LogP contribution in [-0.2, 0) is 11.2 Å². The Hall–Kier alpha value is -1.26. The lowest BCUT2D eigenvalue weighted by atomic mass is 10.1. The van der Waals surface area contributed by atoms with Gasteiger partial charge in [0.2, 0.25) is 0 Å². The number of halogens is 1. The van der Waals surface area contributed by atoms with Crippen LogP contribution in [0.25, 0.3) is 0 Å². The Morgan fingerprint density at radius 1 is 1.62 bits per heavy atom. The van der Waals surface area contributed by atoms with Gasteiger partial charge in [0, 0.05) is 18.0 Å². The predicted octanol–water partition coefficient (Wildman–Crippen LogP) is 0.752. The average molecular weight is 242 g/mol. The van der Waals surface area contributed by atoms with E-state index >= 15 is 0 Å². The van der Waals surface area contributed by atoms with Gasteiger partial charge in [-0.15, -0.1) is 0 Å². The molecule has 0 spiro atoms. The van der Waals surface area contributed by atoms with Crippen molar-refractivity contribution in [3.63, 3.8) is 0 Å². The Labute approximate surface area is 98.2 Å². The molecule has 0 aliphatic carbocycles. The minimum atomic E-state index is -0.514. The van der Waals surface area contributed by atoms with Gasteiger partial charge in [0.25, 0.3) is 5.91 Å². The number of carbonyl (C=O) groups is 1. The first kappa shape index (κ1) is 11.2. The van der Waals surface area contributed by atoms with Crippen LogP contribution in [0.15, 0.2) is 18.2 Å². The van der Waals surface area contributed by atoms with Crippen molar-refractivity contribution < 1.29 is 14.6 Å². The van der Waals surface area contributed by atoms with E-state index in [4.69, 9.17) is 21.4 Å². The highest BCUT2D eigenvalue weighted by Crippen LogP contribution is 2.30. The smallest absolute Gasteiger partial charge is 0.261 e. The number of rotatable bonds is 3. The summed E-state index contributed by atoms with van der Waals surface area (Å²) < 4.78 is 5.47. The first-order valence-corrected chi connectivity index (χ1v) is 5.42. The molecule has 1 heterocycles. The van der Waals surface area contributed by atoms with Crippen LogP contribution in [0, 0.1) is 0 Å². The van der Waals surface area contributed by atoms with E-state index in [9.17, 15) is 4.79 Å². The van der Waals surface area contributed by atoms with Gasteiger partial charge in [0.1, 0.15) is 5.75 Å². The third kappa shape index (κ3) is 2.28. The summed E-state index contributed by atoms with van der Waals surface area (Å²) in [5, 5.41) is 11.8. The highest BCUT2D eigenvalue weighted by molar-refractivity contribution is 6.30. The fourth-order valence-corrected chi connectivity index (χ4v) is 1.85. The molecule has 0 bridgehead atoms. The molecule has 16 heavy (non-hydrogen) atoms. The number of amides is 1. The normalized spacial score (nSPS) is 17.8. The molecule has 1 aromatic carbocycles. The molecule has 1 unspecified atom stereocenters. The molecule has 5 heteroatoms. The molecule has 0 saturated carbocycles. The minimum Gasteiger partial charge on any atom is -0.480 e. The molecular formula is C11H12ClNO3. The lowest BCUT2D eigenvalue weighted by Crippen LogP contribution is -2.38. The van der Waals surface area contributed by atoms with Gasteiger partial charge < -0.3 is 15.2 Å². The zero-order valence-electron chi connectivity index (χ0n) is 8.57. The number of aliphatic hydroxyl groups excluding tert-OH is 1. The Balaban J connectivity index is 2.02. The third-order valence-electron chi connectivity index (χ3n) is 2.40. The van der Waals surface area contributed by atoms with Crippen molar-refractivity contribution in [1.82, 2.24) is 5.32 Å². The molecule has 1 aliphatic heterocycles. The second-order valence-corrected chi connectivity index (χ2v) is 4.01. The largest absolute Gasteiger partial charge is 0.480 e. The summed E-state index contributed by atoms with van der Waals surface area (Å²) in [7, 11) is 0. The Bertz CT molecular complexity index is 408. The van der Waals surface area contributed by atoms with E-state index in [-0.39, 0.29) is 19.1 Å². The van der Waals surface area contributed by atoms with Crippen LogP contribution in [0.5, 0.6) is 5.75 Å². The Morgan fingerprint density at radius 3 is 3.19 bits per heavy atom. The molecule has 0 saturated heterocycles. The van der Waals surface area contributed by atoms with E-state index in [1.165, 1.54) is 0 Å². The summed E-state index contributed by atoms with van der Waals surface area (Å²) in [5.41, 5.74) is 0.941. The van der Waals surface area contributed by atoms with Crippen molar-refractivity contribution in [2.24, 2.45) is 0 Å². The molecule has 1 atom stereocenters. The highest BCUT2D eigenvalue weighted by atomic mass is 35.5. The average Bonchev–Trinajstić information content (AvgIpc) is 2.68. The third-order valence-corrected chi connectivity index (χ3v) is 2.64. The molecule has 4 nitrogen and oxygen atoms in total. The summed E-state index contributed by atoms with van der Waals surface area (Å²) in [4.78, 5) is 11.6. The van der Waals surface area contributed by atoms with Crippen molar-refractivity contribution in [2.75, 3.05) is 13.2 Å². The van der Waals surface area contributed by atoms with E-state index in [2.05, 4.69) is 5.32 Å². The van der Waals surface area contributed by atoms with Crippen LogP contribution in [0.4, 0.5) is 0 Å². The second kappa shape index (κ2) is 4.72. The first-order chi connectivity index (χ1) is 7.70. The predicted molar refractivity (Wildman–Crippen MR) is 59.7 cm³/mol. The number of aliphatic hydroxyl groups is 1. The molecule has 1 aromatic rings. The lowest BCUT2D eigenvalue weighted by molar-refractivity contribution is -0.127. The number of benzene rings is 1. The number of hydrogen-bond acceptors (Lipinski definition) is 3. The van der Waals surface area contributed by atoms with E-state index in [0.717, 1.165) is 5.56 Å². The SMILES string of the molecule is O=C(NCCO)C1Cc2cc(Cl)ccc2O1. The van der Waals surface area contributed by atoms with Crippen molar-refractivity contribution in [3.05, 3.63) is 28.8 Å². The zero-order valence-corrected chi connectivity index (χ0v) is 9.33. The maximum absolute atomic E-state index is 11.6. The van der Waals surface area contributed by atoms with E-state index in [1.54, 1.807) is 18.2 Å². The number of ether oxygens (including phenoxy) is 1. The fourth-order valence-electron chi connectivity index (χ4n) is 1.66.